The highest BCUT2D eigenvalue weighted by Crippen LogP contribution is 2.28. The standard InChI is InChI=1S/C23H21Cl2N7O3S3/c1-2-36-23-31-29-21(38-23)27-20(34)13-37-22-30-28-18(32(22)15-6-4-3-5-7-15)11-26-19(33)12-35-17-9-8-14(24)10-16(17)25/h3-10H,2,11-13H2,1H3,(H,26,33)(H,27,29,34). The first-order valence-corrected chi connectivity index (χ1v) is 14.7. The molecule has 0 saturated carbocycles. The van der Waals surface area contributed by atoms with E-state index in [9.17, 15) is 9.59 Å². The number of amides is 2. The smallest absolute Gasteiger partial charge is 0.258 e. The second-order valence-corrected chi connectivity index (χ2v) is 11.6. The molecular weight excluding hydrogens is 589 g/mol. The molecule has 0 fully saturated rings. The zero-order valence-electron chi connectivity index (χ0n) is 19.9. The summed E-state index contributed by atoms with van der Waals surface area (Å²) in [6.45, 7) is 1.87. The van der Waals surface area contributed by atoms with Crippen LogP contribution in [0.5, 0.6) is 5.75 Å². The third kappa shape index (κ3) is 7.84. The van der Waals surface area contributed by atoms with Crippen molar-refractivity contribution in [3.8, 4) is 11.4 Å². The summed E-state index contributed by atoms with van der Waals surface area (Å²) in [7, 11) is 0. The summed E-state index contributed by atoms with van der Waals surface area (Å²) < 4.78 is 8.07. The van der Waals surface area contributed by atoms with Gasteiger partial charge in [-0.05, 0) is 36.1 Å². The van der Waals surface area contributed by atoms with E-state index < -0.39 is 0 Å². The number of carbonyl (C=O) groups is 2. The van der Waals surface area contributed by atoms with Crippen LogP contribution in [0.4, 0.5) is 5.13 Å². The molecule has 38 heavy (non-hydrogen) atoms. The highest BCUT2D eigenvalue weighted by Gasteiger charge is 2.17. The fraction of sp³-hybridized carbons (Fsp3) is 0.217. The van der Waals surface area contributed by atoms with Crippen molar-refractivity contribution in [3.05, 3.63) is 64.4 Å². The van der Waals surface area contributed by atoms with Gasteiger partial charge in [-0.1, -0.05) is 83.2 Å². The van der Waals surface area contributed by atoms with Crippen LogP contribution in [0.25, 0.3) is 5.69 Å². The van der Waals surface area contributed by atoms with E-state index >= 15 is 0 Å². The molecule has 4 rings (SSSR count). The summed E-state index contributed by atoms with van der Waals surface area (Å²) in [5.74, 6) is 1.19. The van der Waals surface area contributed by atoms with E-state index in [1.165, 1.54) is 29.2 Å². The topological polar surface area (TPSA) is 124 Å². The van der Waals surface area contributed by atoms with E-state index in [-0.39, 0.29) is 30.7 Å². The summed E-state index contributed by atoms with van der Waals surface area (Å²) in [5, 5.41) is 23.8. The van der Waals surface area contributed by atoms with Crippen molar-refractivity contribution < 1.29 is 14.3 Å². The lowest BCUT2D eigenvalue weighted by atomic mass is 10.3. The Morgan fingerprint density at radius 3 is 2.61 bits per heavy atom. The van der Waals surface area contributed by atoms with Crippen LogP contribution < -0.4 is 15.4 Å². The molecule has 2 N–H and O–H groups in total. The maximum absolute atomic E-state index is 12.5. The molecular formula is C23H21Cl2N7O3S3. The van der Waals surface area contributed by atoms with Gasteiger partial charge in [0.05, 0.1) is 17.3 Å². The Labute approximate surface area is 240 Å². The Balaban J connectivity index is 1.38. The summed E-state index contributed by atoms with van der Waals surface area (Å²) >= 11 is 16.1. The van der Waals surface area contributed by atoms with Gasteiger partial charge in [-0.3, -0.25) is 19.5 Å². The van der Waals surface area contributed by atoms with Crippen molar-refractivity contribution in [1.82, 2.24) is 30.3 Å². The third-order valence-electron chi connectivity index (χ3n) is 4.66. The van der Waals surface area contributed by atoms with E-state index in [1.54, 1.807) is 28.5 Å². The minimum Gasteiger partial charge on any atom is -0.482 e. The molecule has 0 aliphatic carbocycles. The van der Waals surface area contributed by atoms with E-state index in [1.807, 2.05) is 37.3 Å². The predicted octanol–water partition coefficient (Wildman–Crippen LogP) is 4.96. The van der Waals surface area contributed by atoms with E-state index in [0.29, 0.717) is 31.9 Å². The average Bonchev–Trinajstić information content (AvgIpc) is 3.53. The van der Waals surface area contributed by atoms with Gasteiger partial charge in [0.15, 0.2) is 21.9 Å². The fourth-order valence-electron chi connectivity index (χ4n) is 3.04. The molecule has 15 heteroatoms. The second kappa shape index (κ2) is 13.8. The van der Waals surface area contributed by atoms with E-state index in [4.69, 9.17) is 27.9 Å². The van der Waals surface area contributed by atoms with Gasteiger partial charge in [0.1, 0.15) is 5.75 Å². The second-order valence-electron chi connectivity index (χ2n) is 7.35. The average molecular weight is 611 g/mol. The van der Waals surface area contributed by atoms with E-state index in [2.05, 4.69) is 31.0 Å². The SMILES string of the molecule is CCSc1nnc(NC(=O)CSc2nnc(CNC(=O)COc3ccc(Cl)cc3Cl)n2-c2ccccc2)s1. The summed E-state index contributed by atoms with van der Waals surface area (Å²) in [6.07, 6.45) is 0. The van der Waals surface area contributed by atoms with Crippen LogP contribution in [0.2, 0.25) is 10.0 Å². The minimum atomic E-state index is -0.370. The number of anilines is 1. The van der Waals surface area contributed by atoms with Gasteiger partial charge in [-0.15, -0.1) is 20.4 Å². The quantitative estimate of drug-likeness (QED) is 0.169. The first kappa shape index (κ1) is 28.2. The van der Waals surface area contributed by atoms with Crippen LogP contribution in [0.3, 0.4) is 0 Å². The normalized spacial score (nSPS) is 10.8. The zero-order valence-corrected chi connectivity index (χ0v) is 23.9. The number of hydrogen-bond acceptors (Lipinski definition) is 10. The van der Waals surface area contributed by atoms with Crippen molar-refractivity contribution in [1.29, 1.82) is 0 Å². The Kier molecular flexibility index (Phi) is 10.2. The predicted molar refractivity (Wildman–Crippen MR) is 151 cm³/mol. The van der Waals surface area contributed by atoms with Crippen LogP contribution in [0.1, 0.15) is 12.7 Å². The number of nitrogens with one attached hydrogen (secondary N) is 2. The molecule has 2 heterocycles. The van der Waals surface area contributed by atoms with Gasteiger partial charge in [0, 0.05) is 10.7 Å². The number of aromatic nitrogens is 5. The molecule has 0 bridgehead atoms. The Morgan fingerprint density at radius 2 is 1.84 bits per heavy atom. The minimum absolute atomic E-state index is 0.0862. The third-order valence-corrected chi connectivity index (χ3v) is 7.98. The molecule has 0 unspecified atom stereocenters. The van der Waals surface area contributed by atoms with Crippen molar-refractivity contribution in [2.75, 3.05) is 23.4 Å². The molecule has 4 aromatic rings. The van der Waals surface area contributed by atoms with Crippen LogP contribution in [-0.4, -0.2) is 54.9 Å². The van der Waals surface area contributed by atoms with Gasteiger partial charge in [0.2, 0.25) is 11.0 Å². The Morgan fingerprint density at radius 1 is 1.03 bits per heavy atom. The maximum atomic E-state index is 12.5. The molecule has 2 amide bonds. The van der Waals surface area contributed by atoms with Crippen LogP contribution in [-0.2, 0) is 16.1 Å². The number of para-hydroxylation sites is 1. The Bertz CT molecular complexity index is 1400. The van der Waals surface area contributed by atoms with Crippen molar-refractivity contribution >= 4 is 75.0 Å². The number of nitrogens with zero attached hydrogens (tertiary/aromatic N) is 5. The molecule has 0 radical (unpaired) electrons. The van der Waals surface area contributed by atoms with Gasteiger partial charge < -0.3 is 10.1 Å². The van der Waals surface area contributed by atoms with Gasteiger partial charge in [-0.2, -0.15) is 0 Å². The fourth-order valence-corrected chi connectivity index (χ4v) is 5.94. The van der Waals surface area contributed by atoms with Crippen LogP contribution in [0, 0.1) is 0 Å². The highest BCUT2D eigenvalue weighted by atomic mass is 35.5. The lowest BCUT2D eigenvalue weighted by Gasteiger charge is -2.11. The van der Waals surface area contributed by atoms with Gasteiger partial charge >= 0.3 is 0 Å². The molecule has 0 aliphatic rings. The summed E-state index contributed by atoms with van der Waals surface area (Å²) in [5.41, 5.74) is 0.791. The molecule has 0 saturated heterocycles. The van der Waals surface area contributed by atoms with E-state index in [0.717, 1.165) is 15.8 Å². The molecule has 0 spiro atoms. The summed E-state index contributed by atoms with van der Waals surface area (Å²) in [4.78, 5) is 24.9. The summed E-state index contributed by atoms with van der Waals surface area (Å²) in [6, 6.07) is 14.2. The molecule has 198 valence electrons. The number of rotatable bonds is 12. The zero-order chi connectivity index (χ0) is 26.9. The van der Waals surface area contributed by atoms with Gasteiger partial charge in [-0.25, -0.2) is 0 Å². The number of halogens is 2. The lowest BCUT2D eigenvalue weighted by molar-refractivity contribution is -0.123. The molecule has 0 atom stereocenters. The first-order chi connectivity index (χ1) is 18.4. The highest BCUT2D eigenvalue weighted by molar-refractivity contribution is 8.01. The molecule has 2 aromatic carbocycles. The number of hydrogen-bond donors (Lipinski definition) is 2. The van der Waals surface area contributed by atoms with Gasteiger partial charge in [0.25, 0.3) is 5.91 Å². The number of carbonyl (C=O) groups excluding carboxylic acids is 2. The van der Waals surface area contributed by atoms with Crippen LogP contribution >= 0.6 is 58.1 Å². The lowest BCUT2D eigenvalue weighted by Crippen LogP contribution is -2.29. The monoisotopic (exact) mass is 609 g/mol. The van der Waals surface area contributed by atoms with Crippen LogP contribution in [0.15, 0.2) is 58.0 Å². The Hall–Kier alpha value is -2.84. The van der Waals surface area contributed by atoms with Crippen molar-refractivity contribution in [2.45, 2.75) is 23.0 Å². The van der Waals surface area contributed by atoms with Crippen molar-refractivity contribution in [2.24, 2.45) is 0 Å². The molecule has 10 nitrogen and oxygen atoms in total. The first-order valence-electron chi connectivity index (χ1n) is 11.2. The maximum Gasteiger partial charge on any atom is 0.258 e. The largest absolute Gasteiger partial charge is 0.482 e. The molecule has 2 aromatic heterocycles. The number of ether oxygens (including phenoxy) is 1. The van der Waals surface area contributed by atoms with Crippen molar-refractivity contribution in [3.63, 3.8) is 0 Å². The number of thioether (sulfide) groups is 2. The number of benzene rings is 2. The molecule has 0 aliphatic heterocycles.